The highest BCUT2D eigenvalue weighted by Gasteiger charge is 2.28. The highest BCUT2D eigenvalue weighted by Crippen LogP contribution is 2.35. The van der Waals surface area contributed by atoms with Crippen molar-refractivity contribution < 1.29 is 0 Å². The van der Waals surface area contributed by atoms with Crippen LogP contribution in [0.15, 0.2) is 24.3 Å². The number of hydrogen-bond acceptors (Lipinski definition) is 1. The fraction of sp³-hybridized carbons (Fsp3) is 0.571. The van der Waals surface area contributed by atoms with Crippen LogP contribution in [0.25, 0.3) is 0 Å². The quantitative estimate of drug-likeness (QED) is 0.795. The fourth-order valence-electron chi connectivity index (χ4n) is 2.47. The van der Waals surface area contributed by atoms with Crippen molar-refractivity contribution >= 4 is 0 Å². The van der Waals surface area contributed by atoms with Crippen molar-refractivity contribution in [3.63, 3.8) is 0 Å². The zero-order valence-electron chi connectivity index (χ0n) is 9.96. The third-order valence-corrected chi connectivity index (χ3v) is 3.25. The summed E-state index contributed by atoms with van der Waals surface area (Å²) in [6.07, 6.45) is 1.23. The molecular weight excluding hydrogens is 182 g/mol. The van der Waals surface area contributed by atoms with Crippen LogP contribution in [0.5, 0.6) is 0 Å². The van der Waals surface area contributed by atoms with E-state index in [1.807, 2.05) is 0 Å². The predicted molar refractivity (Wildman–Crippen MR) is 64.9 cm³/mol. The predicted octanol–water partition coefficient (Wildman–Crippen LogP) is 3.17. The van der Waals surface area contributed by atoms with Crippen LogP contribution in [-0.4, -0.2) is 6.54 Å². The Bertz CT molecular complexity index is 330. The Hall–Kier alpha value is -0.820. The maximum Gasteiger partial charge on any atom is 0.0352 e. The second kappa shape index (κ2) is 4.36. The SMILES string of the molecule is CC(C)CNC1c2ccccc2CC1C. The summed E-state index contributed by atoms with van der Waals surface area (Å²) in [6.45, 7) is 7.98. The van der Waals surface area contributed by atoms with Crippen LogP contribution in [0.1, 0.15) is 37.9 Å². The summed E-state index contributed by atoms with van der Waals surface area (Å²) in [4.78, 5) is 0. The van der Waals surface area contributed by atoms with Gasteiger partial charge in [0.05, 0.1) is 0 Å². The maximum atomic E-state index is 3.69. The zero-order valence-corrected chi connectivity index (χ0v) is 9.96. The van der Waals surface area contributed by atoms with E-state index in [1.54, 1.807) is 0 Å². The molecule has 1 heteroatoms. The van der Waals surface area contributed by atoms with Gasteiger partial charge >= 0.3 is 0 Å². The van der Waals surface area contributed by atoms with Gasteiger partial charge in [0, 0.05) is 6.04 Å². The van der Waals surface area contributed by atoms with Gasteiger partial charge in [-0.3, -0.25) is 0 Å². The van der Waals surface area contributed by atoms with Crippen LogP contribution in [0, 0.1) is 11.8 Å². The molecular formula is C14H21N. The molecule has 1 nitrogen and oxygen atoms in total. The third kappa shape index (κ3) is 2.23. The molecule has 1 aliphatic rings. The summed E-state index contributed by atoms with van der Waals surface area (Å²) in [5, 5.41) is 3.69. The van der Waals surface area contributed by atoms with Gasteiger partial charge in [0.1, 0.15) is 0 Å². The van der Waals surface area contributed by atoms with Gasteiger partial charge in [0.15, 0.2) is 0 Å². The Balaban J connectivity index is 2.11. The first-order chi connectivity index (χ1) is 7.18. The molecule has 1 aromatic rings. The summed E-state index contributed by atoms with van der Waals surface area (Å²) < 4.78 is 0. The third-order valence-electron chi connectivity index (χ3n) is 3.25. The van der Waals surface area contributed by atoms with E-state index < -0.39 is 0 Å². The molecule has 2 rings (SSSR count). The maximum absolute atomic E-state index is 3.69. The molecule has 1 aromatic carbocycles. The number of hydrogen-bond donors (Lipinski definition) is 1. The second-order valence-electron chi connectivity index (χ2n) is 5.16. The largest absolute Gasteiger partial charge is 0.309 e. The van der Waals surface area contributed by atoms with Crippen LogP contribution in [0.2, 0.25) is 0 Å². The number of nitrogens with one attached hydrogen (secondary N) is 1. The van der Waals surface area contributed by atoms with Crippen molar-refractivity contribution in [2.75, 3.05) is 6.54 Å². The molecule has 0 fully saturated rings. The van der Waals surface area contributed by atoms with Crippen molar-refractivity contribution in [2.24, 2.45) is 11.8 Å². The van der Waals surface area contributed by atoms with Gasteiger partial charge in [-0.05, 0) is 35.9 Å². The van der Waals surface area contributed by atoms with E-state index in [1.165, 1.54) is 17.5 Å². The minimum Gasteiger partial charge on any atom is -0.309 e. The van der Waals surface area contributed by atoms with Crippen LogP contribution in [0.4, 0.5) is 0 Å². The second-order valence-corrected chi connectivity index (χ2v) is 5.16. The van der Waals surface area contributed by atoms with E-state index in [9.17, 15) is 0 Å². The average Bonchev–Trinajstić information content (AvgIpc) is 2.50. The van der Waals surface area contributed by atoms with Gasteiger partial charge in [0.2, 0.25) is 0 Å². The average molecular weight is 203 g/mol. The molecule has 82 valence electrons. The molecule has 1 N–H and O–H groups in total. The molecule has 0 bridgehead atoms. The Labute approximate surface area is 92.9 Å². The minimum absolute atomic E-state index is 0.573. The Kier molecular flexibility index (Phi) is 3.11. The van der Waals surface area contributed by atoms with Crippen LogP contribution in [-0.2, 0) is 6.42 Å². The Morgan fingerprint density at radius 3 is 2.80 bits per heavy atom. The summed E-state index contributed by atoms with van der Waals surface area (Å²) >= 11 is 0. The highest BCUT2D eigenvalue weighted by molar-refractivity contribution is 5.35. The molecule has 0 heterocycles. The van der Waals surface area contributed by atoms with Crippen LogP contribution >= 0.6 is 0 Å². The first kappa shape index (κ1) is 10.7. The van der Waals surface area contributed by atoms with E-state index in [2.05, 4.69) is 50.4 Å². The Morgan fingerprint density at radius 2 is 2.07 bits per heavy atom. The van der Waals surface area contributed by atoms with Gasteiger partial charge < -0.3 is 5.32 Å². The number of rotatable bonds is 3. The zero-order chi connectivity index (χ0) is 10.8. The normalized spacial score (nSPS) is 24.5. The molecule has 0 aliphatic heterocycles. The molecule has 0 saturated carbocycles. The van der Waals surface area contributed by atoms with Gasteiger partial charge in [-0.25, -0.2) is 0 Å². The highest BCUT2D eigenvalue weighted by atomic mass is 14.9. The monoisotopic (exact) mass is 203 g/mol. The minimum atomic E-state index is 0.573. The van der Waals surface area contributed by atoms with E-state index in [0.717, 1.165) is 18.4 Å². The topological polar surface area (TPSA) is 12.0 Å². The van der Waals surface area contributed by atoms with Crippen LogP contribution in [0.3, 0.4) is 0 Å². The molecule has 0 radical (unpaired) electrons. The van der Waals surface area contributed by atoms with Crippen molar-refractivity contribution in [3.05, 3.63) is 35.4 Å². The lowest BCUT2D eigenvalue weighted by Gasteiger charge is -2.20. The van der Waals surface area contributed by atoms with E-state index in [4.69, 9.17) is 0 Å². The molecule has 15 heavy (non-hydrogen) atoms. The molecule has 0 amide bonds. The van der Waals surface area contributed by atoms with Gasteiger partial charge in [-0.15, -0.1) is 0 Å². The molecule has 2 atom stereocenters. The Morgan fingerprint density at radius 1 is 1.33 bits per heavy atom. The summed E-state index contributed by atoms with van der Waals surface area (Å²) in [7, 11) is 0. The van der Waals surface area contributed by atoms with Crippen molar-refractivity contribution in [1.82, 2.24) is 5.32 Å². The molecule has 1 aliphatic carbocycles. The smallest absolute Gasteiger partial charge is 0.0352 e. The number of fused-ring (bicyclic) bond motifs is 1. The summed E-state index contributed by atoms with van der Waals surface area (Å²) in [5.41, 5.74) is 3.05. The lowest BCUT2D eigenvalue weighted by atomic mass is 10.0. The standard InChI is InChI=1S/C14H21N/c1-10(2)9-15-14-11(3)8-12-6-4-5-7-13(12)14/h4-7,10-11,14-15H,8-9H2,1-3H3. The number of benzene rings is 1. The fourth-order valence-corrected chi connectivity index (χ4v) is 2.47. The molecule has 2 unspecified atom stereocenters. The molecule has 0 saturated heterocycles. The molecule has 0 spiro atoms. The lowest BCUT2D eigenvalue weighted by Crippen LogP contribution is -2.27. The summed E-state index contributed by atoms with van der Waals surface area (Å²) in [6, 6.07) is 9.42. The summed E-state index contributed by atoms with van der Waals surface area (Å²) in [5.74, 6) is 1.46. The first-order valence-corrected chi connectivity index (χ1v) is 5.99. The van der Waals surface area contributed by atoms with E-state index in [0.29, 0.717) is 6.04 Å². The van der Waals surface area contributed by atoms with Gasteiger partial charge in [0.25, 0.3) is 0 Å². The van der Waals surface area contributed by atoms with Crippen molar-refractivity contribution in [3.8, 4) is 0 Å². The van der Waals surface area contributed by atoms with Gasteiger partial charge in [-0.1, -0.05) is 45.0 Å². The van der Waals surface area contributed by atoms with Gasteiger partial charge in [-0.2, -0.15) is 0 Å². The van der Waals surface area contributed by atoms with Crippen LogP contribution < -0.4 is 5.32 Å². The lowest BCUT2D eigenvalue weighted by molar-refractivity contribution is 0.392. The van der Waals surface area contributed by atoms with Crippen molar-refractivity contribution in [1.29, 1.82) is 0 Å². The van der Waals surface area contributed by atoms with Crippen molar-refractivity contribution in [2.45, 2.75) is 33.2 Å². The molecule has 0 aromatic heterocycles. The van der Waals surface area contributed by atoms with E-state index in [-0.39, 0.29) is 0 Å². The first-order valence-electron chi connectivity index (χ1n) is 5.99. The van der Waals surface area contributed by atoms with E-state index >= 15 is 0 Å².